The molecule has 0 radical (unpaired) electrons. The van der Waals surface area contributed by atoms with E-state index in [9.17, 15) is 24.3 Å². The molecule has 5 fully saturated rings. The molecule has 18 heteroatoms. The smallest absolute Gasteiger partial charge is 0.408 e. The number of carboxylic acid groups (broad SMARTS) is 1. The van der Waals surface area contributed by atoms with Gasteiger partial charge in [-0.25, -0.2) is 19.6 Å². The van der Waals surface area contributed by atoms with Gasteiger partial charge >= 0.3 is 12.1 Å². The molecule has 1 unspecified atom stereocenters. The maximum atomic E-state index is 14.8. The first-order valence-corrected chi connectivity index (χ1v) is 23.6. The van der Waals surface area contributed by atoms with Gasteiger partial charge in [0.05, 0.1) is 31.0 Å². The van der Waals surface area contributed by atoms with Crippen molar-refractivity contribution in [2.75, 3.05) is 51.3 Å². The number of pyridine rings is 1. The molecule has 4 N–H and O–H groups in total. The Morgan fingerprint density at radius 2 is 1.78 bits per heavy atom. The van der Waals surface area contributed by atoms with Gasteiger partial charge < -0.3 is 44.9 Å². The Bertz CT molecular complexity index is 2200. The van der Waals surface area contributed by atoms with Crippen LogP contribution in [-0.2, 0) is 23.9 Å². The molecule has 3 aliphatic carbocycles. The van der Waals surface area contributed by atoms with Gasteiger partial charge in [-0.15, -0.1) is 11.3 Å². The number of anilines is 1. The molecule has 342 valence electrons. The Morgan fingerprint density at radius 3 is 2.44 bits per heavy atom. The Labute approximate surface area is 377 Å². The second-order valence-corrected chi connectivity index (χ2v) is 20.4. The van der Waals surface area contributed by atoms with Gasteiger partial charge in [0.2, 0.25) is 11.8 Å². The highest BCUT2D eigenvalue weighted by Crippen LogP contribution is 2.52. The molecular formula is C45H60ClN7O9S. The van der Waals surface area contributed by atoms with Crippen molar-refractivity contribution in [3.63, 3.8) is 0 Å². The van der Waals surface area contributed by atoms with Crippen LogP contribution >= 0.6 is 22.9 Å². The number of carbonyl (C=O) groups excluding carboxylic acids is 3. The van der Waals surface area contributed by atoms with E-state index in [2.05, 4.69) is 20.9 Å². The first-order chi connectivity index (χ1) is 30.0. The molecule has 3 aromatic rings. The zero-order valence-corrected chi connectivity index (χ0v) is 38.5. The molecule has 63 heavy (non-hydrogen) atoms. The minimum atomic E-state index is -1.42. The van der Waals surface area contributed by atoms with Crippen molar-refractivity contribution < 1.29 is 43.2 Å². The van der Waals surface area contributed by atoms with E-state index < -0.39 is 53.0 Å². The lowest BCUT2D eigenvalue weighted by molar-refractivity contribution is -0.146. The average molecular weight is 911 g/mol. The van der Waals surface area contributed by atoms with Crippen LogP contribution in [-0.4, -0.2) is 131 Å². The summed E-state index contributed by atoms with van der Waals surface area (Å²) in [5.74, 6) is -0.376. The van der Waals surface area contributed by atoms with Gasteiger partial charge in [-0.05, 0) is 74.8 Å². The van der Waals surface area contributed by atoms with E-state index in [1.54, 1.807) is 12.1 Å². The number of benzene rings is 1. The van der Waals surface area contributed by atoms with Crippen LogP contribution in [0.3, 0.4) is 0 Å². The van der Waals surface area contributed by atoms with Crippen LogP contribution in [0.1, 0.15) is 80.1 Å². The second kappa shape index (κ2) is 18.2. The Kier molecular flexibility index (Phi) is 13.0. The number of hydrogen-bond acceptors (Lipinski definition) is 13. The topological polar surface area (TPSA) is 194 Å². The summed E-state index contributed by atoms with van der Waals surface area (Å²) in [6.07, 6.45) is 2.11. The molecule has 5 aliphatic rings. The molecule has 2 saturated heterocycles. The van der Waals surface area contributed by atoms with Crippen LogP contribution in [0.15, 0.2) is 23.6 Å². The van der Waals surface area contributed by atoms with Crippen molar-refractivity contribution >= 4 is 62.8 Å². The monoisotopic (exact) mass is 909 g/mol. The lowest BCUT2D eigenvalue weighted by Gasteiger charge is -2.35. The molecule has 4 heterocycles. The molecule has 1 aromatic carbocycles. The average Bonchev–Trinajstić information content (AvgIpc) is 3.91. The molecule has 0 bridgehead atoms. The van der Waals surface area contributed by atoms with Crippen molar-refractivity contribution in [3.8, 4) is 22.9 Å². The van der Waals surface area contributed by atoms with Crippen molar-refractivity contribution in [3.05, 3.63) is 28.6 Å². The third-order valence-corrected chi connectivity index (χ3v) is 14.2. The number of thiazole rings is 1. The van der Waals surface area contributed by atoms with Crippen LogP contribution < -0.4 is 25.4 Å². The summed E-state index contributed by atoms with van der Waals surface area (Å²) in [6.45, 7) is 15.6. The number of halogens is 1. The molecule has 8 rings (SSSR count). The number of fused-ring (bicyclic) bond motifs is 2. The normalized spacial score (nSPS) is 27.1. The van der Waals surface area contributed by atoms with Gasteiger partial charge in [-0.3, -0.25) is 14.5 Å². The van der Waals surface area contributed by atoms with E-state index >= 15 is 0 Å². The first-order valence-electron chi connectivity index (χ1n) is 22.3. The Hall–Kier alpha value is -4.45. The number of morpholine rings is 1. The summed E-state index contributed by atoms with van der Waals surface area (Å²) >= 11 is 8.55. The number of aliphatic carboxylic acids is 1. The lowest BCUT2D eigenvalue weighted by Crippen LogP contribution is -2.59. The van der Waals surface area contributed by atoms with Crippen LogP contribution in [0.5, 0.6) is 11.5 Å². The molecular weight excluding hydrogens is 850 g/mol. The molecule has 2 aromatic heterocycles. The molecule has 8 atom stereocenters. The predicted octanol–water partition coefficient (Wildman–Crippen LogP) is 6.20. The minimum absolute atomic E-state index is 0.0295. The fourth-order valence-electron chi connectivity index (χ4n) is 9.38. The van der Waals surface area contributed by atoms with Gasteiger partial charge in [0, 0.05) is 48.9 Å². The molecule has 2 aliphatic heterocycles. The standard InChI is InChI=1S/C45H60ClN7O9S/c1-7-27-21-45(27,41(56)57)51-39(54)33-19-29(22-53(33)40(55)38(44(4,5)6)50-43(58)62-28-17-25-16-26(25)18-28)61-35-20-31(32-23-63-42(49-32)47-24(2)3)48-37-30(35)8-9-34(36(37)46)60-15-12-52-10-13-59-14-11-52/h8-9,20,23-29,33,38H,7,10-19,21-22H2,1-6H3,(H,47,49)(H,50,58)(H,51,54)(H,56,57)/t25-,26?,27+,28+,29+,33-,38+,45+/m0/s1. The van der Waals surface area contributed by atoms with E-state index in [-0.39, 0.29) is 31.0 Å². The number of ether oxygens (including phenoxy) is 4. The number of nitrogens with one attached hydrogen (secondary N) is 3. The van der Waals surface area contributed by atoms with Gasteiger partial charge in [0.25, 0.3) is 0 Å². The van der Waals surface area contributed by atoms with Gasteiger partial charge in [0.15, 0.2) is 5.13 Å². The number of alkyl carbamates (subject to hydrolysis) is 1. The van der Waals surface area contributed by atoms with Crippen LogP contribution in [0.2, 0.25) is 5.02 Å². The summed E-state index contributed by atoms with van der Waals surface area (Å²) < 4.78 is 24.3. The highest BCUT2D eigenvalue weighted by atomic mass is 35.5. The predicted molar refractivity (Wildman–Crippen MR) is 238 cm³/mol. The first kappa shape index (κ1) is 45.1. The number of carboxylic acids is 1. The van der Waals surface area contributed by atoms with E-state index in [0.29, 0.717) is 89.9 Å². The van der Waals surface area contributed by atoms with Crippen LogP contribution in [0, 0.1) is 23.2 Å². The minimum Gasteiger partial charge on any atom is -0.491 e. The van der Waals surface area contributed by atoms with Crippen LogP contribution in [0.25, 0.3) is 22.3 Å². The Morgan fingerprint density at radius 1 is 1.03 bits per heavy atom. The fourth-order valence-corrected chi connectivity index (χ4v) is 10.5. The summed E-state index contributed by atoms with van der Waals surface area (Å²) in [6, 6.07) is 3.38. The van der Waals surface area contributed by atoms with Crippen molar-refractivity contribution in [2.45, 2.75) is 116 Å². The zero-order chi connectivity index (χ0) is 44.8. The van der Waals surface area contributed by atoms with Gasteiger partial charge in [-0.1, -0.05) is 45.7 Å². The third kappa shape index (κ3) is 9.96. The number of amides is 3. The highest BCUT2D eigenvalue weighted by molar-refractivity contribution is 7.14. The van der Waals surface area contributed by atoms with E-state index in [1.807, 2.05) is 53.0 Å². The number of nitrogens with zero attached hydrogens (tertiary/aromatic N) is 4. The SMILES string of the molecule is CC[C@@H]1C[C@]1(NC(=O)[C@@H]1C[C@@H](Oc2cc(-c3csc(NC(C)C)n3)nc3c(Cl)c(OCCN4CCOCC4)ccc23)CN1C(=O)[C@@H](NC(=O)O[C@H]1CC2C[C@H]2C1)C(C)(C)C)C(=O)O. The third-order valence-electron chi connectivity index (χ3n) is 13.1. The fraction of sp³-hybridized carbons (Fsp3) is 0.644. The van der Waals surface area contributed by atoms with Crippen molar-refractivity contribution in [1.82, 2.24) is 30.4 Å². The highest BCUT2D eigenvalue weighted by Gasteiger charge is 2.61. The second-order valence-electron chi connectivity index (χ2n) is 19.2. The number of aromatic nitrogens is 2. The number of hydrogen-bond donors (Lipinski definition) is 4. The Balaban J connectivity index is 1.09. The van der Waals surface area contributed by atoms with E-state index in [1.165, 1.54) is 22.7 Å². The molecule has 3 amide bonds. The maximum absolute atomic E-state index is 14.8. The zero-order valence-electron chi connectivity index (χ0n) is 36.9. The van der Waals surface area contributed by atoms with E-state index in [0.717, 1.165) is 31.1 Å². The molecule has 3 saturated carbocycles. The largest absolute Gasteiger partial charge is 0.491 e. The molecule has 0 spiro atoms. The summed E-state index contributed by atoms with van der Waals surface area (Å²) in [5.41, 5.74) is -0.683. The quantitative estimate of drug-likeness (QED) is 0.127. The van der Waals surface area contributed by atoms with Gasteiger partial charge in [-0.2, -0.15) is 0 Å². The van der Waals surface area contributed by atoms with Gasteiger partial charge in [0.1, 0.15) is 58.7 Å². The number of likely N-dealkylation sites (tertiary alicyclic amines) is 1. The summed E-state index contributed by atoms with van der Waals surface area (Å²) in [7, 11) is 0. The summed E-state index contributed by atoms with van der Waals surface area (Å²) in [5, 5.41) is 22.7. The van der Waals surface area contributed by atoms with Crippen molar-refractivity contribution in [2.24, 2.45) is 23.2 Å². The number of rotatable bonds is 16. The van der Waals surface area contributed by atoms with Crippen molar-refractivity contribution in [1.29, 1.82) is 0 Å². The number of carbonyl (C=O) groups is 4. The maximum Gasteiger partial charge on any atom is 0.408 e. The summed E-state index contributed by atoms with van der Waals surface area (Å²) in [4.78, 5) is 68.5. The molecule has 16 nitrogen and oxygen atoms in total. The van der Waals surface area contributed by atoms with Crippen LogP contribution in [0.4, 0.5) is 9.93 Å². The van der Waals surface area contributed by atoms with E-state index in [4.69, 9.17) is 40.5 Å². The lowest BCUT2D eigenvalue weighted by atomic mass is 9.85.